The Labute approximate surface area is 74.1 Å². The molecule has 0 atom stereocenters. The molecule has 0 bridgehead atoms. The van der Waals surface area contributed by atoms with E-state index in [1.54, 1.807) is 0 Å². The first-order chi connectivity index (χ1) is 5.16. The third-order valence-corrected chi connectivity index (χ3v) is 1.64. The van der Waals surface area contributed by atoms with Crippen LogP contribution in [0.4, 0.5) is 0 Å². The fraction of sp³-hybridized carbons (Fsp3) is 0.857. The van der Waals surface area contributed by atoms with Crippen molar-refractivity contribution in [2.24, 2.45) is 0 Å². The summed E-state index contributed by atoms with van der Waals surface area (Å²) in [7, 11) is 5.95. The molecule has 0 radical (unpaired) electrons. The molecule has 0 aromatic carbocycles. The molecule has 0 saturated carbocycles. The number of nitrogens with zero attached hydrogens (tertiary/aromatic N) is 1. The summed E-state index contributed by atoms with van der Waals surface area (Å²) in [5.41, 5.74) is 0. The minimum atomic E-state index is 0.726. The molecule has 2 N–H and O–H groups in total. The van der Waals surface area contributed by atoms with Crippen molar-refractivity contribution in [3.05, 3.63) is 0 Å². The molecular formula is C7H17N3S. The molecule has 0 spiro atoms. The van der Waals surface area contributed by atoms with E-state index in [0.717, 1.165) is 24.6 Å². The van der Waals surface area contributed by atoms with Crippen molar-refractivity contribution in [3.8, 4) is 0 Å². The van der Waals surface area contributed by atoms with E-state index in [1.807, 2.05) is 7.05 Å². The minimum Gasteiger partial charge on any atom is -0.366 e. The number of hydrogen-bond donors (Lipinski definition) is 2. The number of thiocarbonyl (C=S) groups is 1. The zero-order valence-electron chi connectivity index (χ0n) is 7.48. The van der Waals surface area contributed by atoms with Gasteiger partial charge in [-0.1, -0.05) is 0 Å². The van der Waals surface area contributed by atoms with Gasteiger partial charge in [-0.2, -0.15) is 0 Å². The van der Waals surface area contributed by atoms with Gasteiger partial charge >= 0.3 is 0 Å². The second kappa shape index (κ2) is 6.37. The summed E-state index contributed by atoms with van der Waals surface area (Å²) in [6, 6.07) is 0. The second-order valence-electron chi connectivity index (χ2n) is 2.66. The minimum absolute atomic E-state index is 0.726. The monoisotopic (exact) mass is 175 g/mol. The van der Waals surface area contributed by atoms with Gasteiger partial charge in [-0.05, 0) is 39.3 Å². The maximum Gasteiger partial charge on any atom is 0.166 e. The van der Waals surface area contributed by atoms with Gasteiger partial charge in [0.15, 0.2) is 5.11 Å². The van der Waals surface area contributed by atoms with Crippen molar-refractivity contribution in [1.82, 2.24) is 15.5 Å². The van der Waals surface area contributed by atoms with Crippen LogP contribution in [0.15, 0.2) is 0 Å². The molecule has 11 heavy (non-hydrogen) atoms. The number of rotatable bonds is 4. The summed E-state index contributed by atoms with van der Waals surface area (Å²) < 4.78 is 0. The molecule has 0 aliphatic heterocycles. The molecule has 0 rings (SSSR count). The van der Waals surface area contributed by atoms with E-state index in [-0.39, 0.29) is 0 Å². The van der Waals surface area contributed by atoms with E-state index >= 15 is 0 Å². The van der Waals surface area contributed by atoms with Crippen molar-refractivity contribution in [2.75, 3.05) is 34.2 Å². The maximum absolute atomic E-state index is 4.90. The highest BCUT2D eigenvalue weighted by molar-refractivity contribution is 7.80. The van der Waals surface area contributed by atoms with Crippen LogP contribution in [0.3, 0.4) is 0 Å². The topological polar surface area (TPSA) is 27.3 Å². The second-order valence-corrected chi connectivity index (χ2v) is 3.07. The standard InChI is InChI=1S/C7H17N3S/c1-8-7(11)9-5-4-6-10(2)3/h4-6H2,1-3H3,(H2,8,9,11). The van der Waals surface area contributed by atoms with Gasteiger partial charge in [0.05, 0.1) is 0 Å². The van der Waals surface area contributed by atoms with Crippen LogP contribution in [-0.4, -0.2) is 44.2 Å². The Balaban J connectivity index is 3.08. The van der Waals surface area contributed by atoms with Crippen LogP contribution < -0.4 is 10.6 Å². The average molecular weight is 175 g/mol. The van der Waals surface area contributed by atoms with Crippen LogP contribution in [0.2, 0.25) is 0 Å². The lowest BCUT2D eigenvalue weighted by Gasteiger charge is -2.10. The van der Waals surface area contributed by atoms with Gasteiger partial charge < -0.3 is 15.5 Å². The highest BCUT2D eigenvalue weighted by atomic mass is 32.1. The van der Waals surface area contributed by atoms with Crippen molar-refractivity contribution in [1.29, 1.82) is 0 Å². The van der Waals surface area contributed by atoms with E-state index < -0.39 is 0 Å². The van der Waals surface area contributed by atoms with Gasteiger partial charge in [0.25, 0.3) is 0 Å². The zero-order chi connectivity index (χ0) is 8.69. The molecule has 0 amide bonds. The molecule has 3 nitrogen and oxygen atoms in total. The molecule has 0 aliphatic carbocycles. The van der Waals surface area contributed by atoms with Crippen LogP contribution >= 0.6 is 12.2 Å². The van der Waals surface area contributed by atoms with Gasteiger partial charge in [-0.15, -0.1) is 0 Å². The summed E-state index contributed by atoms with van der Waals surface area (Å²) in [6.45, 7) is 2.04. The first-order valence-corrected chi connectivity index (χ1v) is 4.18. The molecule has 0 aromatic rings. The van der Waals surface area contributed by atoms with Gasteiger partial charge in [0.1, 0.15) is 0 Å². The maximum atomic E-state index is 4.90. The molecule has 0 saturated heterocycles. The van der Waals surface area contributed by atoms with Crippen molar-refractivity contribution in [2.45, 2.75) is 6.42 Å². The van der Waals surface area contributed by atoms with Gasteiger partial charge in [0.2, 0.25) is 0 Å². The fourth-order valence-electron chi connectivity index (χ4n) is 0.686. The van der Waals surface area contributed by atoms with Gasteiger partial charge in [0, 0.05) is 13.6 Å². The molecule has 0 aliphatic rings. The van der Waals surface area contributed by atoms with Crippen molar-refractivity contribution >= 4 is 17.3 Å². The predicted molar refractivity (Wildman–Crippen MR) is 52.8 cm³/mol. The number of nitrogens with one attached hydrogen (secondary N) is 2. The third kappa shape index (κ3) is 7.55. The van der Waals surface area contributed by atoms with E-state index in [9.17, 15) is 0 Å². The van der Waals surface area contributed by atoms with Crippen LogP contribution in [0.5, 0.6) is 0 Å². The summed E-state index contributed by atoms with van der Waals surface area (Å²) >= 11 is 4.90. The van der Waals surface area contributed by atoms with Crippen LogP contribution in [0.1, 0.15) is 6.42 Å². The largest absolute Gasteiger partial charge is 0.366 e. The average Bonchev–Trinajstić information content (AvgIpc) is 1.97. The summed E-state index contributed by atoms with van der Waals surface area (Å²) in [5.74, 6) is 0. The Morgan fingerprint density at radius 1 is 1.45 bits per heavy atom. The highest BCUT2D eigenvalue weighted by Gasteiger charge is 1.91. The van der Waals surface area contributed by atoms with Gasteiger partial charge in [-0.25, -0.2) is 0 Å². The molecule has 0 heterocycles. The fourth-order valence-corrected chi connectivity index (χ4v) is 0.788. The first-order valence-electron chi connectivity index (χ1n) is 3.77. The Morgan fingerprint density at radius 3 is 2.55 bits per heavy atom. The lowest BCUT2D eigenvalue weighted by Crippen LogP contribution is -2.34. The molecule has 0 aromatic heterocycles. The van der Waals surface area contributed by atoms with Crippen molar-refractivity contribution < 1.29 is 0 Å². The Hall–Kier alpha value is -0.350. The molecule has 66 valence electrons. The molecule has 0 unspecified atom stereocenters. The van der Waals surface area contributed by atoms with E-state index in [4.69, 9.17) is 12.2 Å². The normalized spacial score (nSPS) is 9.82. The summed E-state index contributed by atoms with van der Waals surface area (Å²) in [6.07, 6.45) is 1.12. The SMILES string of the molecule is CNC(=S)NCCCN(C)C. The lowest BCUT2D eigenvalue weighted by atomic mass is 10.4. The van der Waals surface area contributed by atoms with E-state index in [1.165, 1.54) is 0 Å². The van der Waals surface area contributed by atoms with Crippen LogP contribution in [-0.2, 0) is 0 Å². The van der Waals surface area contributed by atoms with Gasteiger partial charge in [-0.3, -0.25) is 0 Å². The first kappa shape index (κ1) is 10.7. The van der Waals surface area contributed by atoms with E-state index in [2.05, 4.69) is 29.6 Å². The van der Waals surface area contributed by atoms with E-state index in [0.29, 0.717) is 0 Å². The van der Waals surface area contributed by atoms with Crippen molar-refractivity contribution in [3.63, 3.8) is 0 Å². The molecule has 0 fully saturated rings. The zero-order valence-corrected chi connectivity index (χ0v) is 8.29. The summed E-state index contributed by atoms with van der Waals surface area (Å²) in [4.78, 5) is 2.16. The summed E-state index contributed by atoms with van der Waals surface area (Å²) in [5, 5.41) is 6.67. The Kier molecular flexibility index (Phi) is 6.16. The highest BCUT2D eigenvalue weighted by Crippen LogP contribution is 1.80. The number of hydrogen-bond acceptors (Lipinski definition) is 2. The predicted octanol–water partition coefficient (Wildman–Crippen LogP) is 0.0320. The Bertz CT molecular complexity index is 114. The lowest BCUT2D eigenvalue weighted by molar-refractivity contribution is 0.400. The smallest absolute Gasteiger partial charge is 0.166 e. The quantitative estimate of drug-likeness (QED) is 0.466. The molecule has 4 heteroatoms. The third-order valence-electron chi connectivity index (χ3n) is 1.29. The van der Waals surface area contributed by atoms with Crippen LogP contribution in [0, 0.1) is 0 Å². The Morgan fingerprint density at radius 2 is 2.09 bits per heavy atom. The van der Waals surface area contributed by atoms with Crippen LogP contribution in [0.25, 0.3) is 0 Å². The molecular weight excluding hydrogens is 158 g/mol.